The van der Waals surface area contributed by atoms with Gasteiger partial charge >= 0.3 is 0 Å². The average molecular weight is 280 g/mol. The standard InChI is InChI=1S/C14H24N4O2/c19-13-12-16-4-2-6-18-10-7-15(11-14(18)20)3-1-5-17(13)9-8-16/h1-12H2. The lowest BCUT2D eigenvalue weighted by Crippen LogP contribution is -2.54. The molecule has 6 nitrogen and oxygen atoms in total. The molecule has 0 aromatic carbocycles. The lowest BCUT2D eigenvalue weighted by molar-refractivity contribution is -0.139. The van der Waals surface area contributed by atoms with Crippen LogP contribution in [-0.2, 0) is 9.59 Å². The molecule has 6 heterocycles. The van der Waals surface area contributed by atoms with Crippen LogP contribution in [0.3, 0.4) is 0 Å². The fourth-order valence-corrected chi connectivity index (χ4v) is 3.34. The maximum absolute atomic E-state index is 12.1. The van der Waals surface area contributed by atoms with Crippen molar-refractivity contribution in [1.82, 2.24) is 19.6 Å². The van der Waals surface area contributed by atoms with Crippen LogP contribution in [-0.4, -0.2) is 96.9 Å². The molecule has 2 unspecified atom stereocenters. The Balaban J connectivity index is 1.65. The summed E-state index contributed by atoms with van der Waals surface area (Å²) >= 11 is 0. The van der Waals surface area contributed by atoms with Crippen LogP contribution in [0.2, 0.25) is 0 Å². The molecule has 6 saturated heterocycles. The first-order chi connectivity index (χ1) is 9.72. The number of rotatable bonds is 0. The van der Waals surface area contributed by atoms with Crippen LogP contribution >= 0.6 is 0 Å². The molecule has 2 amide bonds. The van der Waals surface area contributed by atoms with Crippen LogP contribution in [0.5, 0.6) is 0 Å². The number of amides is 2. The molecule has 2 atom stereocenters. The van der Waals surface area contributed by atoms with Gasteiger partial charge in [0.25, 0.3) is 0 Å². The van der Waals surface area contributed by atoms with E-state index in [1.807, 2.05) is 9.80 Å². The van der Waals surface area contributed by atoms with Gasteiger partial charge in [0.1, 0.15) is 0 Å². The van der Waals surface area contributed by atoms with Crippen LogP contribution in [0, 0.1) is 0 Å². The van der Waals surface area contributed by atoms with Gasteiger partial charge < -0.3 is 9.80 Å². The minimum atomic E-state index is 0.268. The first-order valence-electron chi connectivity index (χ1n) is 7.72. The molecule has 0 aromatic heterocycles. The van der Waals surface area contributed by atoms with Crippen LogP contribution in [0.1, 0.15) is 12.8 Å². The van der Waals surface area contributed by atoms with Crippen molar-refractivity contribution >= 4 is 11.8 Å². The summed E-state index contributed by atoms with van der Waals surface area (Å²) in [4.78, 5) is 32.6. The van der Waals surface area contributed by atoms with Gasteiger partial charge in [0.15, 0.2) is 0 Å². The van der Waals surface area contributed by atoms with E-state index in [1.165, 1.54) is 0 Å². The van der Waals surface area contributed by atoms with Crippen molar-refractivity contribution < 1.29 is 9.59 Å². The van der Waals surface area contributed by atoms with Gasteiger partial charge in [-0.2, -0.15) is 0 Å². The number of carbonyl (C=O) groups excluding carboxylic acids is 2. The highest BCUT2D eigenvalue weighted by atomic mass is 16.2. The largest absolute Gasteiger partial charge is 0.340 e. The number of hydrogen-bond donors (Lipinski definition) is 0. The molecular formula is C14H24N4O2. The molecule has 0 saturated carbocycles. The van der Waals surface area contributed by atoms with Crippen molar-refractivity contribution in [2.45, 2.75) is 12.8 Å². The summed E-state index contributed by atoms with van der Waals surface area (Å²) in [7, 11) is 0. The summed E-state index contributed by atoms with van der Waals surface area (Å²) in [5, 5.41) is 0. The third kappa shape index (κ3) is 3.12. The summed E-state index contributed by atoms with van der Waals surface area (Å²) in [5.41, 5.74) is 0. The Morgan fingerprint density at radius 3 is 1.40 bits per heavy atom. The second kappa shape index (κ2) is 6.10. The Labute approximate surface area is 120 Å². The molecule has 0 N–H and O–H groups in total. The van der Waals surface area contributed by atoms with E-state index in [9.17, 15) is 9.59 Å². The Morgan fingerprint density at radius 2 is 1.00 bits per heavy atom. The lowest BCUT2D eigenvalue weighted by Gasteiger charge is -2.38. The van der Waals surface area contributed by atoms with Gasteiger partial charge in [-0.15, -0.1) is 0 Å². The zero-order valence-electron chi connectivity index (χ0n) is 12.1. The molecule has 6 rings (SSSR count). The smallest absolute Gasteiger partial charge is 0.236 e. The van der Waals surface area contributed by atoms with E-state index in [0.29, 0.717) is 13.1 Å². The molecule has 0 aromatic rings. The molecule has 0 aliphatic carbocycles. The van der Waals surface area contributed by atoms with Gasteiger partial charge in [0.2, 0.25) is 11.8 Å². The van der Waals surface area contributed by atoms with Crippen LogP contribution < -0.4 is 0 Å². The number of carbonyl (C=O) groups is 2. The van der Waals surface area contributed by atoms with Crippen molar-refractivity contribution in [2.75, 3.05) is 65.4 Å². The van der Waals surface area contributed by atoms with Gasteiger partial charge in [0.05, 0.1) is 13.1 Å². The Kier molecular flexibility index (Phi) is 4.21. The summed E-state index contributed by atoms with van der Waals surface area (Å²) < 4.78 is 0. The number of hydrogen-bond acceptors (Lipinski definition) is 4. The van der Waals surface area contributed by atoms with E-state index in [-0.39, 0.29) is 11.8 Å². The Bertz CT molecular complexity index is 351. The van der Waals surface area contributed by atoms with Crippen molar-refractivity contribution in [2.24, 2.45) is 0 Å². The summed E-state index contributed by atoms with van der Waals surface area (Å²) in [6.45, 7) is 8.30. The fourth-order valence-electron chi connectivity index (χ4n) is 3.34. The minimum Gasteiger partial charge on any atom is -0.340 e. The molecule has 4 bridgehead atoms. The molecular weight excluding hydrogens is 256 g/mol. The third-order valence-electron chi connectivity index (χ3n) is 4.60. The van der Waals surface area contributed by atoms with Crippen LogP contribution in [0.15, 0.2) is 0 Å². The molecule has 20 heavy (non-hydrogen) atoms. The Morgan fingerprint density at radius 1 is 0.550 bits per heavy atom. The fraction of sp³-hybridized carbons (Fsp3) is 0.857. The van der Waals surface area contributed by atoms with Crippen molar-refractivity contribution in [3.63, 3.8) is 0 Å². The third-order valence-corrected chi connectivity index (χ3v) is 4.60. The molecule has 6 heteroatoms. The van der Waals surface area contributed by atoms with Crippen LogP contribution in [0.25, 0.3) is 0 Å². The van der Waals surface area contributed by atoms with Gasteiger partial charge in [-0.3, -0.25) is 19.4 Å². The molecule has 0 radical (unpaired) electrons. The SMILES string of the molecule is O=C1CN2CCCN3CCN(CCCN1CC2)CC3=O. The van der Waals surface area contributed by atoms with Crippen molar-refractivity contribution in [1.29, 1.82) is 0 Å². The Hall–Kier alpha value is -1.14. The van der Waals surface area contributed by atoms with Crippen LogP contribution in [0.4, 0.5) is 0 Å². The van der Waals surface area contributed by atoms with E-state index in [0.717, 1.165) is 65.2 Å². The van der Waals surface area contributed by atoms with Gasteiger partial charge in [-0.25, -0.2) is 0 Å². The second-order valence-corrected chi connectivity index (χ2v) is 6.02. The van der Waals surface area contributed by atoms with E-state index >= 15 is 0 Å². The maximum atomic E-state index is 12.1. The zero-order chi connectivity index (χ0) is 13.9. The van der Waals surface area contributed by atoms with E-state index in [2.05, 4.69) is 9.80 Å². The minimum absolute atomic E-state index is 0.268. The highest BCUT2D eigenvalue weighted by Crippen LogP contribution is 2.10. The first-order valence-corrected chi connectivity index (χ1v) is 7.72. The lowest BCUT2D eigenvalue weighted by atomic mass is 10.2. The number of nitrogens with zero attached hydrogens (tertiary/aromatic N) is 4. The van der Waals surface area contributed by atoms with Gasteiger partial charge in [-0.05, 0) is 12.8 Å². The average Bonchev–Trinajstić information content (AvgIpc) is 2.43. The maximum Gasteiger partial charge on any atom is 0.236 e. The molecule has 6 fully saturated rings. The summed E-state index contributed by atoms with van der Waals surface area (Å²) in [6, 6.07) is 0. The quantitative estimate of drug-likeness (QED) is 0.575. The van der Waals surface area contributed by atoms with E-state index < -0.39 is 0 Å². The normalized spacial score (nSPS) is 32.6. The molecule has 112 valence electrons. The van der Waals surface area contributed by atoms with Crippen molar-refractivity contribution in [3.05, 3.63) is 0 Å². The predicted octanol–water partition coefficient (Wildman–Crippen LogP) is -0.931. The zero-order valence-corrected chi connectivity index (χ0v) is 12.1. The van der Waals surface area contributed by atoms with Gasteiger partial charge in [-0.1, -0.05) is 0 Å². The summed E-state index contributed by atoms with van der Waals surface area (Å²) in [5.74, 6) is 0.537. The van der Waals surface area contributed by atoms with Gasteiger partial charge in [0, 0.05) is 52.4 Å². The number of piperazine rings is 2. The molecule has 6 aliphatic heterocycles. The van der Waals surface area contributed by atoms with Crippen molar-refractivity contribution in [3.8, 4) is 0 Å². The summed E-state index contributed by atoms with van der Waals surface area (Å²) in [6.07, 6.45) is 1.94. The highest BCUT2D eigenvalue weighted by Gasteiger charge is 2.27. The molecule has 6 aliphatic rings. The van der Waals surface area contributed by atoms with E-state index in [4.69, 9.17) is 0 Å². The highest BCUT2D eigenvalue weighted by molar-refractivity contribution is 5.79. The monoisotopic (exact) mass is 280 g/mol. The molecule has 0 spiro atoms. The van der Waals surface area contributed by atoms with E-state index in [1.54, 1.807) is 0 Å². The predicted molar refractivity (Wildman–Crippen MR) is 75.3 cm³/mol. The first kappa shape index (κ1) is 13.8. The second-order valence-electron chi connectivity index (χ2n) is 6.02. The topological polar surface area (TPSA) is 47.1 Å².